The number of nitrogens with zero attached hydrogens (tertiary/aromatic N) is 1. The zero-order chi connectivity index (χ0) is 30.1. The van der Waals surface area contributed by atoms with Crippen molar-refractivity contribution in [3.05, 3.63) is 53.8 Å². The first kappa shape index (κ1) is 30.1. The molecule has 0 spiro atoms. The van der Waals surface area contributed by atoms with Crippen LogP contribution in [0.4, 0.5) is 47.8 Å². The zero-order valence-corrected chi connectivity index (χ0v) is 21.5. The molecule has 4 rings (SSSR count). The molecule has 0 bridgehead atoms. The molecule has 4 N–H and O–H groups in total. The fraction of sp³-hybridized carbons (Fsp3) is 0.444. The van der Waals surface area contributed by atoms with Crippen LogP contribution in [0.5, 0.6) is 0 Å². The molecule has 1 heterocycles. The molecule has 41 heavy (non-hydrogen) atoms. The molecule has 7 nitrogen and oxygen atoms in total. The molecule has 1 aliphatic carbocycles. The van der Waals surface area contributed by atoms with E-state index in [4.69, 9.17) is 5.73 Å². The molecule has 1 fully saturated rings. The van der Waals surface area contributed by atoms with Gasteiger partial charge in [-0.1, -0.05) is 25.0 Å². The summed E-state index contributed by atoms with van der Waals surface area (Å²) in [5.41, 5.74) is 4.02. The van der Waals surface area contributed by atoms with Gasteiger partial charge in [0.05, 0.1) is 17.8 Å². The van der Waals surface area contributed by atoms with Gasteiger partial charge in [0.2, 0.25) is 17.7 Å². The first-order valence-electron chi connectivity index (χ1n) is 12.8. The fourth-order valence-corrected chi connectivity index (χ4v) is 4.95. The number of hydrogen-bond acceptors (Lipinski definition) is 4. The second-order valence-corrected chi connectivity index (χ2v) is 10.3. The van der Waals surface area contributed by atoms with Gasteiger partial charge in [-0.15, -0.1) is 0 Å². The number of carbonyl (C=O) groups is 3. The Bertz CT molecular complexity index is 1310. The Labute approximate surface area is 230 Å². The van der Waals surface area contributed by atoms with E-state index >= 15 is 0 Å². The maximum Gasteiger partial charge on any atom is 0.416 e. The van der Waals surface area contributed by atoms with Crippen molar-refractivity contribution in [2.45, 2.75) is 50.5 Å². The summed E-state index contributed by atoms with van der Waals surface area (Å²) in [5, 5.41) is 4.79. The van der Waals surface area contributed by atoms with E-state index in [-0.39, 0.29) is 29.4 Å². The normalized spacial score (nSPS) is 19.0. The number of fused-ring (bicyclic) bond motifs is 1. The lowest BCUT2D eigenvalue weighted by Crippen LogP contribution is -2.52. The van der Waals surface area contributed by atoms with Crippen LogP contribution in [-0.2, 0) is 20.6 Å². The van der Waals surface area contributed by atoms with Crippen molar-refractivity contribution < 1.29 is 45.1 Å². The molecule has 3 atom stereocenters. The van der Waals surface area contributed by atoms with E-state index in [2.05, 4.69) is 10.6 Å². The number of primary amides is 1. The third-order valence-electron chi connectivity index (χ3n) is 7.22. The van der Waals surface area contributed by atoms with Gasteiger partial charge < -0.3 is 21.3 Å². The molecule has 1 aliphatic heterocycles. The summed E-state index contributed by atoms with van der Waals surface area (Å²) < 4.78 is 94.0. The lowest BCUT2D eigenvalue weighted by molar-refractivity contribution is -0.146. The third kappa shape index (κ3) is 7.47. The highest BCUT2D eigenvalue weighted by Crippen LogP contribution is 2.41. The molecule has 0 saturated heterocycles. The van der Waals surface area contributed by atoms with Crippen LogP contribution in [0.25, 0.3) is 0 Å². The Balaban J connectivity index is 1.66. The largest absolute Gasteiger partial charge is 0.416 e. The number of nitrogens with two attached hydrogens (primary N) is 1. The average molecular weight is 589 g/mol. The molecule has 0 unspecified atom stereocenters. The highest BCUT2D eigenvalue weighted by atomic mass is 19.4. The lowest BCUT2D eigenvalue weighted by atomic mass is 9.83. The fourth-order valence-electron chi connectivity index (χ4n) is 4.95. The van der Waals surface area contributed by atoms with Crippen LogP contribution in [0.1, 0.15) is 37.7 Å². The van der Waals surface area contributed by atoms with Crippen LogP contribution < -0.4 is 21.3 Å². The van der Waals surface area contributed by atoms with Crippen LogP contribution in [0, 0.1) is 23.6 Å². The summed E-state index contributed by atoms with van der Waals surface area (Å²) in [6, 6.07) is 6.31. The molecule has 14 heteroatoms. The average Bonchev–Trinajstić information content (AvgIpc) is 3.71. The van der Waals surface area contributed by atoms with E-state index in [1.165, 1.54) is 23.1 Å². The standard InChI is InChI=1S/C27H27F7N4O3/c28-19-5-2-6-21-22(19)37-25(41)20(13-38(21)16-4-1-3-15(12-16)27(32,33)34)36-24(40)18(11-14-7-8-14)17(23(35)39)9-10-26(29,30)31/h1-6,12,14,17-18,20H,7-11,13H2,(H2,35,39)(H,36,40)(H,37,41)/t17-,18+,20+/m1/s1. The van der Waals surface area contributed by atoms with Gasteiger partial charge in [-0.05, 0) is 49.1 Å². The smallest absolute Gasteiger partial charge is 0.369 e. The lowest BCUT2D eigenvalue weighted by Gasteiger charge is -2.29. The number of rotatable bonds is 9. The minimum atomic E-state index is -4.70. The molecular weight excluding hydrogens is 561 g/mol. The van der Waals surface area contributed by atoms with Gasteiger partial charge in [-0.2, -0.15) is 26.3 Å². The summed E-state index contributed by atoms with van der Waals surface area (Å²) in [6.07, 6.45) is -9.91. The first-order valence-corrected chi connectivity index (χ1v) is 12.8. The van der Waals surface area contributed by atoms with Gasteiger partial charge >= 0.3 is 12.4 Å². The molecule has 2 aromatic carbocycles. The number of benzene rings is 2. The molecule has 222 valence electrons. The highest BCUT2D eigenvalue weighted by molar-refractivity contribution is 6.03. The molecule has 3 amide bonds. The number of amides is 3. The number of alkyl halides is 6. The van der Waals surface area contributed by atoms with Crippen molar-refractivity contribution in [2.75, 3.05) is 16.8 Å². The number of halogens is 7. The summed E-state index contributed by atoms with van der Waals surface area (Å²) in [6.45, 7) is -0.449. The van der Waals surface area contributed by atoms with Gasteiger partial charge in [0.15, 0.2) is 0 Å². The van der Waals surface area contributed by atoms with Crippen molar-refractivity contribution in [2.24, 2.45) is 23.5 Å². The zero-order valence-electron chi connectivity index (χ0n) is 21.5. The number of anilines is 3. The quantitative estimate of drug-likeness (QED) is 0.347. The predicted molar refractivity (Wildman–Crippen MR) is 134 cm³/mol. The number of hydrogen-bond donors (Lipinski definition) is 3. The monoisotopic (exact) mass is 588 g/mol. The van der Waals surface area contributed by atoms with Crippen molar-refractivity contribution in [3.63, 3.8) is 0 Å². The van der Waals surface area contributed by atoms with E-state index in [0.717, 1.165) is 24.3 Å². The minimum Gasteiger partial charge on any atom is -0.369 e. The van der Waals surface area contributed by atoms with Crippen LogP contribution in [0.15, 0.2) is 42.5 Å². The van der Waals surface area contributed by atoms with Crippen LogP contribution in [0.2, 0.25) is 0 Å². The predicted octanol–water partition coefficient (Wildman–Crippen LogP) is 5.28. The summed E-state index contributed by atoms with van der Waals surface area (Å²) in [5.74, 6) is -6.55. The maximum absolute atomic E-state index is 14.8. The van der Waals surface area contributed by atoms with Crippen molar-refractivity contribution >= 4 is 34.8 Å². The van der Waals surface area contributed by atoms with Gasteiger partial charge in [-0.25, -0.2) is 4.39 Å². The molecule has 2 aliphatic rings. The van der Waals surface area contributed by atoms with Crippen LogP contribution >= 0.6 is 0 Å². The Hall–Kier alpha value is -3.84. The second-order valence-electron chi connectivity index (χ2n) is 10.3. The molecule has 0 aromatic heterocycles. The number of para-hydroxylation sites is 1. The second kappa shape index (κ2) is 11.6. The van der Waals surface area contributed by atoms with Crippen molar-refractivity contribution in [1.82, 2.24) is 5.32 Å². The Morgan fingerprint density at radius 1 is 1.05 bits per heavy atom. The third-order valence-corrected chi connectivity index (χ3v) is 7.22. The van der Waals surface area contributed by atoms with Crippen molar-refractivity contribution in [3.8, 4) is 0 Å². The van der Waals surface area contributed by atoms with Gasteiger partial charge in [0.25, 0.3) is 0 Å². The molecule has 1 saturated carbocycles. The SMILES string of the molecule is NC(=O)[C@H](CCC(F)(F)F)[C@H](CC1CC1)C(=O)N[C@H]1CN(c2cccc(C(F)(F)F)c2)c2cccc(F)c2NC1=O. The van der Waals surface area contributed by atoms with Gasteiger partial charge in [0, 0.05) is 23.9 Å². The van der Waals surface area contributed by atoms with Gasteiger partial charge in [0.1, 0.15) is 17.5 Å². The molecule has 0 radical (unpaired) electrons. The summed E-state index contributed by atoms with van der Waals surface area (Å²) >= 11 is 0. The van der Waals surface area contributed by atoms with Gasteiger partial charge in [-0.3, -0.25) is 14.4 Å². The minimum absolute atomic E-state index is 0.0126. The Morgan fingerprint density at radius 3 is 2.34 bits per heavy atom. The molecule has 2 aromatic rings. The van der Waals surface area contributed by atoms with Crippen LogP contribution in [-0.4, -0.2) is 36.5 Å². The Morgan fingerprint density at radius 2 is 1.73 bits per heavy atom. The highest BCUT2D eigenvalue weighted by Gasteiger charge is 2.41. The summed E-state index contributed by atoms with van der Waals surface area (Å²) in [7, 11) is 0. The van der Waals surface area contributed by atoms with E-state index < -0.39 is 78.7 Å². The van der Waals surface area contributed by atoms with E-state index in [1.54, 1.807) is 0 Å². The first-order chi connectivity index (χ1) is 19.1. The van der Waals surface area contributed by atoms with Crippen LogP contribution in [0.3, 0.4) is 0 Å². The topological polar surface area (TPSA) is 105 Å². The Kier molecular flexibility index (Phi) is 8.50. The van der Waals surface area contributed by atoms with E-state index in [9.17, 15) is 45.1 Å². The maximum atomic E-state index is 14.8. The summed E-state index contributed by atoms with van der Waals surface area (Å²) in [4.78, 5) is 40.0. The molecular formula is C27H27F7N4O3. The van der Waals surface area contributed by atoms with Crippen molar-refractivity contribution in [1.29, 1.82) is 0 Å². The number of nitrogens with one attached hydrogen (secondary N) is 2. The number of carbonyl (C=O) groups excluding carboxylic acids is 3. The van der Waals surface area contributed by atoms with E-state index in [1.807, 2.05) is 0 Å². The van der Waals surface area contributed by atoms with E-state index in [0.29, 0.717) is 12.8 Å².